The predicted molar refractivity (Wildman–Crippen MR) is 120 cm³/mol. The monoisotopic (exact) mass is 400 g/mol. The van der Waals surface area contributed by atoms with Crippen molar-refractivity contribution in [1.82, 2.24) is 20.4 Å². The molecule has 1 amide bonds. The van der Waals surface area contributed by atoms with E-state index >= 15 is 0 Å². The van der Waals surface area contributed by atoms with E-state index in [2.05, 4.69) is 59.7 Å². The zero-order valence-corrected chi connectivity index (χ0v) is 18.6. The average Bonchev–Trinajstić information content (AvgIpc) is 2.92. The summed E-state index contributed by atoms with van der Waals surface area (Å²) in [7, 11) is 2.22. The molecule has 3 heterocycles. The van der Waals surface area contributed by atoms with Crippen LogP contribution in [0.25, 0.3) is 0 Å². The Hall–Kier alpha value is -1.59. The second kappa shape index (κ2) is 11.0. The maximum absolute atomic E-state index is 11.0. The highest BCUT2D eigenvalue weighted by Gasteiger charge is 2.33. The normalized spacial score (nSPS) is 24.9. The molecule has 0 bridgehead atoms. The molecule has 0 spiro atoms. The van der Waals surface area contributed by atoms with Crippen LogP contribution in [0.2, 0.25) is 0 Å². The molecule has 0 radical (unpaired) electrons. The van der Waals surface area contributed by atoms with Crippen molar-refractivity contribution in [2.24, 2.45) is 11.8 Å². The molecule has 0 aliphatic carbocycles. The van der Waals surface area contributed by atoms with Gasteiger partial charge in [-0.25, -0.2) is 0 Å². The minimum atomic E-state index is 0.487. The van der Waals surface area contributed by atoms with E-state index in [1.807, 2.05) is 0 Å². The van der Waals surface area contributed by atoms with Gasteiger partial charge in [-0.05, 0) is 109 Å². The van der Waals surface area contributed by atoms with Crippen LogP contribution in [0.4, 0.5) is 0 Å². The molecule has 29 heavy (non-hydrogen) atoms. The average molecular weight is 401 g/mol. The van der Waals surface area contributed by atoms with E-state index in [1.54, 1.807) is 5.57 Å². The minimum absolute atomic E-state index is 0.487. The van der Waals surface area contributed by atoms with Gasteiger partial charge in [0, 0.05) is 24.5 Å². The summed E-state index contributed by atoms with van der Waals surface area (Å²) in [6.45, 7) is 9.77. The Morgan fingerprint density at radius 1 is 1.17 bits per heavy atom. The summed E-state index contributed by atoms with van der Waals surface area (Å²) in [5.74, 6) is 1.39. The largest absolute Gasteiger partial charge is 0.362 e. The van der Waals surface area contributed by atoms with Crippen LogP contribution in [-0.2, 0) is 4.79 Å². The van der Waals surface area contributed by atoms with Crippen molar-refractivity contribution in [2.45, 2.75) is 58.4 Å². The fourth-order valence-electron chi connectivity index (χ4n) is 5.29. The Labute approximate surface area is 177 Å². The molecule has 5 nitrogen and oxygen atoms in total. The molecule has 162 valence electrons. The summed E-state index contributed by atoms with van der Waals surface area (Å²) in [6.07, 6.45) is 14.7. The smallest absolute Gasteiger partial charge is 0.207 e. The molecule has 5 heteroatoms. The van der Waals surface area contributed by atoms with Crippen molar-refractivity contribution in [3.05, 3.63) is 35.2 Å². The topological polar surface area (TPSA) is 47.6 Å². The minimum Gasteiger partial charge on any atom is -0.362 e. The molecular formula is C24H40N4O. The maximum Gasteiger partial charge on any atom is 0.207 e. The quantitative estimate of drug-likeness (QED) is 0.644. The first-order valence-corrected chi connectivity index (χ1v) is 11.5. The van der Waals surface area contributed by atoms with Gasteiger partial charge in [-0.2, -0.15) is 0 Å². The molecule has 0 aromatic carbocycles. The van der Waals surface area contributed by atoms with Gasteiger partial charge < -0.3 is 15.5 Å². The SMILES string of the molecule is C/C=C\C1=C(C)CCC(C2CCN(C(CNC=O)C3CCN(C)CC3)CC2)=CN1. The van der Waals surface area contributed by atoms with Gasteiger partial charge >= 0.3 is 0 Å². The lowest BCUT2D eigenvalue weighted by Gasteiger charge is -2.43. The summed E-state index contributed by atoms with van der Waals surface area (Å²) < 4.78 is 0. The van der Waals surface area contributed by atoms with Gasteiger partial charge in [-0.1, -0.05) is 11.6 Å². The van der Waals surface area contributed by atoms with Gasteiger partial charge in [-0.3, -0.25) is 9.69 Å². The van der Waals surface area contributed by atoms with Crippen molar-refractivity contribution in [2.75, 3.05) is 39.8 Å². The first-order valence-electron chi connectivity index (χ1n) is 11.5. The second-order valence-corrected chi connectivity index (χ2v) is 9.10. The molecule has 3 rings (SSSR count). The van der Waals surface area contributed by atoms with Gasteiger partial charge in [0.2, 0.25) is 6.41 Å². The van der Waals surface area contributed by atoms with Crippen molar-refractivity contribution in [3.8, 4) is 0 Å². The Kier molecular flexibility index (Phi) is 8.37. The number of hydrogen-bond donors (Lipinski definition) is 2. The number of nitrogens with one attached hydrogen (secondary N) is 2. The Morgan fingerprint density at radius 3 is 2.55 bits per heavy atom. The highest BCUT2D eigenvalue weighted by molar-refractivity contribution is 5.45. The molecule has 3 aliphatic heterocycles. The van der Waals surface area contributed by atoms with Crippen LogP contribution < -0.4 is 10.6 Å². The zero-order valence-electron chi connectivity index (χ0n) is 18.6. The van der Waals surface area contributed by atoms with Crippen molar-refractivity contribution in [1.29, 1.82) is 0 Å². The molecule has 0 saturated carbocycles. The third-order valence-electron chi connectivity index (χ3n) is 7.24. The zero-order chi connectivity index (χ0) is 20.6. The lowest BCUT2D eigenvalue weighted by Crippen LogP contribution is -2.52. The third-order valence-corrected chi connectivity index (χ3v) is 7.24. The molecule has 3 aliphatic rings. The van der Waals surface area contributed by atoms with Crippen LogP contribution in [0.3, 0.4) is 0 Å². The molecule has 2 saturated heterocycles. The summed E-state index contributed by atoms with van der Waals surface area (Å²) in [6, 6.07) is 0.487. The summed E-state index contributed by atoms with van der Waals surface area (Å²) in [4.78, 5) is 16.1. The van der Waals surface area contributed by atoms with E-state index in [-0.39, 0.29) is 0 Å². The first kappa shape index (κ1) is 22.1. The number of hydrogen-bond acceptors (Lipinski definition) is 4. The number of carbonyl (C=O) groups excluding carboxylic acids is 1. The van der Waals surface area contributed by atoms with E-state index in [0.717, 1.165) is 32.5 Å². The van der Waals surface area contributed by atoms with Gasteiger partial charge in [0.05, 0.1) is 0 Å². The van der Waals surface area contributed by atoms with Crippen molar-refractivity contribution >= 4 is 6.41 Å². The van der Waals surface area contributed by atoms with Gasteiger partial charge in [0.1, 0.15) is 0 Å². The molecule has 2 fully saturated rings. The fraction of sp³-hybridized carbons (Fsp3) is 0.708. The van der Waals surface area contributed by atoms with Gasteiger partial charge in [-0.15, -0.1) is 0 Å². The molecule has 1 unspecified atom stereocenters. The van der Waals surface area contributed by atoms with Crippen LogP contribution in [0.15, 0.2) is 35.2 Å². The number of amides is 1. The first-order chi connectivity index (χ1) is 14.1. The van der Waals surface area contributed by atoms with E-state index in [1.165, 1.54) is 56.5 Å². The Bertz CT molecular complexity index is 623. The molecule has 2 N–H and O–H groups in total. The summed E-state index contributed by atoms with van der Waals surface area (Å²) in [5, 5.41) is 6.55. The fourth-order valence-corrected chi connectivity index (χ4v) is 5.29. The third kappa shape index (κ3) is 5.95. The van der Waals surface area contributed by atoms with Crippen LogP contribution in [0.1, 0.15) is 52.4 Å². The summed E-state index contributed by atoms with van der Waals surface area (Å²) in [5.41, 5.74) is 4.31. The lowest BCUT2D eigenvalue weighted by molar-refractivity contribution is -0.110. The van der Waals surface area contributed by atoms with Crippen LogP contribution >= 0.6 is 0 Å². The van der Waals surface area contributed by atoms with Gasteiger partial charge in [0.25, 0.3) is 0 Å². The van der Waals surface area contributed by atoms with Crippen LogP contribution in [0.5, 0.6) is 0 Å². The number of nitrogens with zero attached hydrogens (tertiary/aromatic N) is 2. The highest BCUT2D eigenvalue weighted by Crippen LogP contribution is 2.33. The Morgan fingerprint density at radius 2 is 1.90 bits per heavy atom. The maximum atomic E-state index is 11.0. The van der Waals surface area contributed by atoms with Crippen LogP contribution in [-0.4, -0.2) is 62.0 Å². The number of rotatable bonds is 7. The molecule has 1 atom stereocenters. The van der Waals surface area contributed by atoms with E-state index in [0.29, 0.717) is 17.9 Å². The number of likely N-dealkylation sites (tertiary alicyclic amines) is 2. The Balaban J connectivity index is 1.57. The van der Waals surface area contributed by atoms with Crippen molar-refractivity contribution in [3.63, 3.8) is 0 Å². The summed E-state index contributed by atoms with van der Waals surface area (Å²) >= 11 is 0. The number of piperidine rings is 2. The van der Waals surface area contributed by atoms with Crippen LogP contribution in [0, 0.1) is 11.8 Å². The van der Waals surface area contributed by atoms with Gasteiger partial charge in [0.15, 0.2) is 0 Å². The highest BCUT2D eigenvalue weighted by atomic mass is 16.1. The molecule has 0 aromatic rings. The van der Waals surface area contributed by atoms with E-state index in [4.69, 9.17) is 0 Å². The molecule has 0 aromatic heterocycles. The van der Waals surface area contributed by atoms with E-state index < -0.39 is 0 Å². The van der Waals surface area contributed by atoms with Crippen molar-refractivity contribution < 1.29 is 4.79 Å². The number of allylic oxidation sites excluding steroid dienone is 4. The molecular weight excluding hydrogens is 360 g/mol. The number of carbonyl (C=O) groups is 1. The standard InChI is InChI=1S/C24H40N4O/c1-4-5-23-19(2)6-7-22(16-26-23)20-10-14-28(15-11-20)24(17-25-18-29)21-8-12-27(3)13-9-21/h4-5,16,18,20-21,24,26H,6-15,17H2,1-3H3,(H,25,29)/b5-4-. The van der Waals surface area contributed by atoms with E-state index in [9.17, 15) is 4.79 Å². The predicted octanol–water partition coefficient (Wildman–Crippen LogP) is 3.27. The second-order valence-electron chi connectivity index (χ2n) is 9.10. The lowest BCUT2D eigenvalue weighted by atomic mass is 9.83.